The van der Waals surface area contributed by atoms with Gasteiger partial charge >= 0.3 is 0 Å². The number of halogens is 1. The van der Waals surface area contributed by atoms with Gasteiger partial charge in [0.2, 0.25) is 5.89 Å². The Hall–Kier alpha value is -3.63. The Morgan fingerprint density at radius 1 is 1.00 bits per heavy atom. The van der Waals surface area contributed by atoms with Crippen LogP contribution >= 0.6 is 11.6 Å². The molecule has 0 unspecified atom stereocenters. The molecular weight excluding hydrogens is 396 g/mol. The summed E-state index contributed by atoms with van der Waals surface area (Å²) >= 11 is 6.06. The van der Waals surface area contributed by atoms with Crippen molar-refractivity contribution in [2.24, 2.45) is 4.99 Å². The van der Waals surface area contributed by atoms with Crippen molar-refractivity contribution in [1.82, 2.24) is 4.98 Å². The van der Waals surface area contributed by atoms with Crippen LogP contribution in [0.5, 0.6) is 5.75 Å². The van der Waals surface area contributed by atoms with Crippen LogP contribution in [0.1, 0.15) is 11.1 Å². The first-order valence-electron chi connectivity index (χ1n) is 9.51. The van der Waals surface area contributed by atoms with E-state index in [0.717, 1.165) is 27.6 Å². The number of hydrogen-bond acceptors (Lipinski definition) is 4. The van der Waals surface area contributed by atoms with E-state index in [1.54, 1.807) is 24.4 Å². The maximum atomic E-state index is 10.4. The van der Waals surface area contributed by atoms with Crippen LogP contribution in [0.25, 0.3) is 33.3 Å². The lowest BCUT2D eigenvalue weighted by Gasteiger charge is -2.07. The molecule has 5 rings (SSSR count). The van der Waals surface area contributed by atoms with E-state index in [4.69, 9.17) is 16.0 Å². The van der Waals surface area contributed by atoms with Gasteiger partial charge < -0.3 is 9.52 Å². The van der Waals surface area contributed by atoms with Crippen LogP contribution in [-0.4, -0.2) is 16.3 Å². The lowest BCUT2D eigenvalue weighted by molar-refractivity contribution is 0.475. The normalized spacial score (nSPS) is 11.7. The second-order valence-electron chi connectivity index (χ2n) is 7.06. The minimum atomic E-state index is 0.196. The summed E-state index contributed by atoms with van der Waals surface area (Å²) in [7, 11) is 0. The third kappa shape index (κ3) is 3.21. The minimum absolute atomic E-state index is 0.196. The van der Waals surface area contributed by atoms with E-state index in [1.807, 2.05) is 61.5 Å². The van der Waals surface area contributed by atoms with Gasteiger partial charge in [0.1, 0.15) is 11.3 Å². The molecule has 0 aliphatic rings. The van der Waals surface area contributed by atoms with Crippen LogP contribution in [0.4, 0.5) is 5.69 Å². The van der Waals surface area contributed by atoms with Crippen LogP contribution in [0.3, 0.4) is 0 Å². The Labute approximate surface area is 178 Å². The van der Waals surface area contributed by atoms with Crippen molar-refractivity contribution in [3.8, 4) is 17.2 Å². The third-order valence-corrected chi connectivity index (χ3v) is 5.40. The van der Waals surface area contributed by atoms with Crippen LogP contribution in [-0.2, 0) is 0 Å². The van der Waals surface area contributed by atoms with Crippen LogP contribution in [0, 0.1) is 6.92 Å². The number of nitrogens with zero attached hydrogens (tertiary/aromatic N) is 2. The molecule has 0 radical (unpaired) electrons. The van der Waals surface area contributed by atoms with Crippen LogP contribution in [0.15, 0.2) is 82.2 Å². The Morgan fingerprint density at radius 2 is 1.87 bits per heavy atom. The number of benzene rings is 4. The van der Waals surface area contributed by atoms with Crippen molar-refractivity contribution in [3.05, 3.63) is 88.9 Å². The van der Waals surface area contributed by atoms with Gasteiger partial charge in [0.25, 0.3) is 0 Å². The largest absolute Gasteiger partial charge is 0.507 e. The van der Waals surface area contributed by atoms with Crippen molar-refractivity contribution in [2.45, 2.75) is 6.92 Å². The predicted molar refractivity (Wildman–Crippen MR) is 122 cm³/mol. The molecule has 0 aliphatic heterocycles. The number of hydrogen-bond donors (Lipinski definition) is 1. The highest BCUT2D eigenvalue weighted by molar-refractivity contribution is 6.31. The number of rotatable bonds is 3. The smallest absolute Gasteiger partial charge is 0.227 e. The first-order chi connectivity index (χ1) is 14.6. The molecule has 0 amide bonds. The molecule has 1 aromatic heterocycles. The Kier molecular flexibility index (Phi) is 4.49. The molecule has 0 saturated carbocycles. The fraction of sp³-hybridized carbons (Fsp3) is 0.0400. The van der Waals surface area contributed by atoms with Gasteiger partial charge in [0.15, 0.2) is 5.58 Å². The van der Waals surface area contributed by atoms with E-state index in [2.05, 4.69) is 9.98 Å². The summed E-state index contributed by atoms with van der Waals surface area (Å²) in [5, 5.41) is 13.0. The summed E-state index contributed by atoms with van der Waals surface area (Å²) in [6.07, 6.45) is 1.70. The number of aromatic nitrogens is 1. The Morgan fingerprint density at radius 3 is 2.77 bits per heavy atom. The average Bonchev–Trinajstić information content (AvgIpc) is 3.17. The van der Waals surface area contributed by atoms with Gasteiger partial charge in [0.05, 0.1) is 5.69 Å². The molecule has 1 N–H and O–H groups in total. The molecule has 0 saturated heterocycles. The predicted octanol–water partition coefficient (Wildman–Crippen LogP) is 7.07. The summed E-state index contributed by atoms with van der Waals surface area (Å²) in [5.41, 5.74) is 4.66. The number of phenols is 1. The molecule has 0 spiro atoms. The van der Waals surface area contributed by atoms with E-state index in [1.165, 1.54) is 0 Å². The topological polar surface area (TPSA) is 58.6 Å². The highest BCUT2D eigenvalue weighted by Gasteiger charge is 2.13. The Bertz CT molecular complexity index is 1440. The number of fused-ring (bicyclic) bond motifs is 2. The van der Waals surface area contributed by atoms with Crippen LogP contribution in [0.2, 0.25) is 5.02 Å². The van der Waals surface area contributed by atoms with E-state index in [9.17, 15) is 5.11 Å². The summed E-state index contributed by atoms with van der Waals surface area (Å²) in [6.45, 7) is 1.98. The van der Waals surface area contributed by atoms with Gasteiger partial charge in [-0.2, -0.15) is 0 Å². The SMILES string of the molecule is Cc1c(N=Cc2c(O)ccc3ccccc23)cccc1-c1nc2cc(Cl)ccc2o1. The van der Waals surface area contributed by atoms with E-state index in [-0.39, 0.29) is 5.75 Å². The van der Waals surface area contributed by atoms with Gasteiger partial charge in [-0.15, -0.1) is 0 Å². The lowest BCUT2D eigenvalue weighted by Crippen LogP contribution is -1.88. The zero-order valence-corrected chi connectivity index (χ0v) is 16.9. The van der Waals surface area contributed by atoms with Gasteiger partial charge in [-0.05, 0) is 59.7 Å². The summed E-state index contributed by atoms with van der Waals surface area (Å²) < 4.78 is 5.92. The molecule has 30 heavy (non-hydrogen) atoms. The first-order valence-corrected chi connectivity index (χ1v) is 9.89. The molecule has 1 heterocycles. The van der Waals surface area contributed by atoms with E-state index >= 15 is 0 Å². The second kappa shape index (κ2) is 7.32. The zero-order chi connectivity index (χ0) is 20.7. The molecule has 146 valence electrons. The quantitative estimate of drug-likeness (QED) is 0.322. The lowest BCUT2D eigenvalue weighted by atomic mass is 10.0. The fourth-order valence-electron chi connectivity index (χ4n) is 3.56. The molecule has 0 fully saturated rings. The summed E-state index contributed by atoms with van der Waals surface area (Å²) in [5.74, 6) is 0.719. The van der Waals surface area contributed by atoms with E-state index < -0.39 is 0 Å². The second-order valence-corrected chi connectivity index (χ2v) is 7.49. The molecule has 0 aliphatic carbocycles. The zero-order valence-electron chi connectivity index (χ0n) is 16.1. The number of phenolic OH excluding ortho intramolecular Hbond substituents is 1. The maximum absolute atomic E-state index is 10.4. The highest BCUT2D eigenvalue weighted by Crippen LogP contribution is 2.33. The highest BCUT2D eigenvalue weighted by atomic mass is 35.5. The molecule has 0 atom stereocenters. The number of oxazole rings is 1. The van der Waals surface area contributed by atoms with Crippen molar-refractivity contribution in [1.29, 1.82) is 0 Å². The number of aromatic hydroxyl groups is 1. The first kappa shape index (κ1) is 18.4. The van der Waals surface area contributed by atoms with Gasteiger partial charge in [-0.25, -0.2) is 4.98 Å². The monoisotopic (exact) mass is 412 g/mol. The maximum Gasteiger partial charge on any atom is 0.227 e. The Balaban J connectivity index is 1.58. The van der Waals surface area contributed by atoms with Crippen molar-refractivity contribution in [3.63, 3.8) is 0 Å². The van der Waals surface area contributed by atoms with Crippen LogP contribution < -0.4 is 0 Å². The molecule has 4 aromatic carbocycles. The third-order valence-electron chi connectivity index (χ3n) is 5.17. The number of aliphatic imine (C=N–C) groups is 1. The fourth-order valence-corrected chi connectivity index (χ4v) is 3.73. The van der Waals surface area contributed by atoms with Gasteiger partial charge in [-0.3, -0.25) is 4.99 Å². The minimum Gasteiger partial charge on any atom is -0.507 e. The van der Waals surface area contributed by atoms with Crippen molar-refractivity contribution in [2.75, 3.05) is 0 Å². The molecule has 0 bridgehead atoms. The van der Waals surface area contributed by atoms with Crippen molar-refractivity contribution < 1.29 is 9.52 Å². The summed E-state index contributed by atoms with van der Waals surface area (Å²) in [6, 6.07) is 22.7. The van der Waals surface area contributed by atoms with Gasteiger partial charge in [0, 0.05) is 22.4 Å². The summed E-state index contributed by atoms with van der Waals surface area (Å²) in [4.78, 5) is 9.24. The van der Waals surface area contributed by atoms with Gasteiger partial charge in [-0.1, -0.05) is 48.0 Å². The van der Waals surface area contributed by atoms with E-state index in [0.29, 0.717) is 27.6 Å². The molecule has 5 heteroatoms. The molecule has 4 nitrogen and oxygen atoms in total. The average molecular weight is 413 g/mol. The molecule has 5 aromatic rings. The molecular formula is C25H17ClN2O2. The van der Waals surface area contributed by atoms with Crippen molar-refractivity contribution >= 4 is 45.4 Å². The standard InChI is InChI=1S/C25H17ClN2O2/c1-15-18(25-28-22-13-17(26)10-12-24(22)30-25)7-4-8-21(15)27-14-20-19-6-3-2-5-16(19)9-11-23(20)29/h2-14,29H,1H3.